The molecule has 10 aliphatic heterocycles. The first-order chi connectivity index (χ1) is 55.7. The molecule has 2 amide bonds. The first-order valence-corrected chi connectivity index (χ1v) is 39.9. The van der Waals surface area contributed by atoms with Crippen LogP contribution in [-0.4, -0.2) is 459 Å². The summed E-state index contributed by atoms with van der Waals surface area (Å²) in [5.74, 6) is -2.72. The van der Waals surface area contributed by atoms with Crippen molar-refractivity contribution in [3.05, 3.63) is 0 Å². The van der Waals surface area contributed by atoms with Crippen LogP contribution in [0, 0.1) is 11.8 Å². The second-order valence-electron chi connectivity index (χ2n) is 31.7. The van der Waals surface area contributed by atoms with E-state index in [-0.39, 0.29) is 21.5 Å². The quantitative estimate of drug-likeness (QED) is 0.0346. The van der Waals surface area contributed by atoms with Crippen LogP contribution in [-0.2, 0) is 104 Å². The zero-order valence-electron chi connectivity index (χ0n) is 67.3. The molecule has 46 nitrogen and oxygen atoms in total. The highest BCUT2D eigenvalue weighted by atomic mass is 16.8. The lowest BCUT2D eigenvalue weighted by molar-refractivity contribution is -0.407. The average Bonchev–Trinajstić information content (AvgIpc) is 0.767. The van der Waals surface area contributed by atoms with Crippen LogP contribution in [0.2, 0.25) is 0 Å². The highest BCUT2D eigenvalue weighted by Crippen LogP contribution is 2.42. The fraction of sp³-hybridized carbons (Fsp3) is 0.973. The lowest BCUT2D eigenvalue weighted by Gasteiger charge is -2.51. The predicted octanol–water partition coefficient (Wildman–Crippen LogP) is -10.7. The van der Waals surface area contributed by atoms with Gasteiger partial charge in [0.15, 0.2) is 62.9 Å². The molecule has 10 fully saturated rings. The number of ether oxygens (including phenoxy) is 20. The maximum absolute atomic E-state index is 12.3. The Bertz CT molecular complexity index is 3030. The Balaban J connectivity index is 0.000000325. The number of carbonyl (C=O) groups is 2. The summed E-state index contributed by atoms with van der Waals surface area (Å²) >= 11 is 0. The summed E-state index contributed by atoms with van der Waals surface area (Å²) in [6.07, 6.45) is -68.7. The van der Waals surface area contributed by atoms with E-state index in [1.165, 1.54) is 41.5 Å². The first kappa shape index (κ1) is 104. The minimum atomic E-state index is -1.98. The molecule has 10 heterocycles. The van der Waals surface area contributed by atoms with Crippen molar-refractivity contribution in [2.45, 2.75) is 406 Å². The van der Waals surface area contributed by atoms with Gasteiger partial charge in [-0.05, 0) is 54.4 Å². The van der Waals surface area contributed by atoms with Crippen LogP contribution in [0.1, 0.15) is 111 Å². The zero-order chi connectivity index (χ0) is 87.2. The van der Waals surface area contributed by atoms with E-state index in [0.29, 0.717) is 19.4 Å². The van der Waals surface area contributed by atoms with Gasteiger partial charge in [0.1, 0.15) is 183 Å². The number of nitrogens with one attached hydrogen (secondary N) is 2. The number of carbonyl (C=O) groups excluding carboxylic acids is 2. The minimum absolute atomic E-state index is 0. The molecule has 0 spiro atoms. The molecule has 50 atom stereocenters. The number of hydrogen-bond acceptors (Lipinski definition) is 44. The van der Waals surface area contributed by atoms with Gasteiger partial charge in [0.2, 0.25) is 11.8 Å². The Labute approximate surface area is 694 Å². The molecule has 0 saturated carbocycles. The van der Waals surface area contributed by atoms with Gasteiger partial charge >= 0.3 is 0 Å². The predicted molar refractivity (Wildman–Crippen MR) is 396 cm³/mol. The number of hydrogen-bond donors (Lipinski definition) is 24. The van der Waals surface area contributed by atoms with Crippen LogP contribution in [0.4, 0.5) is 0 Å². The van der Waals surface area contributed by atoms with Crippen molar-refractivity contribution < 1.29 is 217 Å². The Morgan fingerprint density at radius 1 is 0.258 bits per heavy atom. The van der Waals surface area contributed by atoms with Crippen molar-refractivity contribution in [1.29, 1.82) is 0 Å². The van der Waals surface area contributed by atoms with E-state index in [2.05, 4.69) is 10.6 Å². The monoisotopic (exact) mass is 1750 g/mol. The standard InChI is InChI=1S/2C36H63NO22.2CH4/c1-7-8-50-33-18(37-15(6)40)29(23(45)17(10-39)54-33)57-32-11(2)28(20(42)13(4)51-32)56-36-31(25(47)19(41)12(3)53-36)59-35-27(49)30(21(43)14(5)52-35)58-34-26(48)24(46)22(44)16(9-38)55-34;1-7-8-50-32-11(2)28(20(42)13(4)51-32)56-35-30(26(48)19(41)12(3)52-35)58-36-31(59-33-18(37-15(6)40)24(46)22(44)16(9-38)54-33)29(21(43)14(5)53-36)57-34-27(49)25(47)23(45)17(10-39)55-34;;/h2*11-14,16-36,38-39,41-49H,7-10H2,1-6H3,(H,37,40);2*1H4/t11?,12?,13?,14?,16-,17?,18?,19-,20-,21-,22+,23+,24?,25-,26?,27?,28+,29+,30-,31?,32-,33+,34+,35-,36-;11?,12?,13?,14?,16?,17-,18-,19-,20-,21-,22+,23+,24?,25?,26-,27?,28+,29-,30?,31?,32+,33-,34+,35-,36-;;/m00../s1. The van der Waals surface area contributed by atoms with E-state index in [1.54, 1.807) is 20.8 Å². The molecule has 10 aliphatic rings. The van der Waals surface area contributed by atoms with Crippen molar-refractivity contribution in [2.24, 2.45) is 11.8 Å². The summed E-state index contributed by atoms with van der Waals surface area (Å²) in [6, 6.07) is -2.64. The van der Waals surface area contributed by atoms with Gasteiger partial charge < -0.3 is 218 Å². The van der Waals surface area contributed by atoms with Crippen molar-refractivity contribution in [2.75, 3.05) is 39.6 Å². The highest BCUT2D eigenvalue weighted by Gasteiger charge is 2.61. The van der Waals surface area contributed by atoms with Crippen molar-refractivity contribution in [3.8, 4) is 0 Å². The van der Waals surface area contributed by atoms with Crippen molar-refractivity contribution in [3.63, 3.8) is 0 Å². The van der Waals surface area contributed by atoms with Crippen LogP contribution >= 0.6 is 0 Å². The second kappa shape index (κ2) is 46.0. The summed E-state index contributed by atoms with van der Waals surface area (Å²) in [5.41, 5.74) is 0. The van der Waals surface area contributed by atoms with Crippen LogP contribution in [0.25, 0.3) is 0 Å². The molecule has 0 aliphatic carbocycles. The molecular formula is C74H134N2O44. The van der Waals surface area contributed by atoms with E-state index in [4.69, 9.17) is 94.7 Å². The molecule has 46 heteroatoms. The number of aliphatic hydroxyl groups excluding tert-OH is 22. The Morgan fingerprint density at radius 2 is 0.550 bits per heavy atom. The second-order valence-corrected chi connectivity index (χ2v) is 31.7. The van der Waals surface area contributed by atoms with Gasteiger partial charge in [0.05, 0.1) is 75.3 Å². The number of rotatable bonds is 28. The summed E-state index contributed by atoms with van der Waals surface area (Å²) in [4.78, 5) is 24.6. The van der Waals surface area contributed by atoms with Crippen molar-refractivity contribution in [1.82, 2.24) is 10.6 Å². The molecule has 120 heavy (non-hydrogen) atoms. The Morgan fingerprint density at radius 3 is 0.992 bits per heavy atom. The van der Waals surface area contributed by atoms with Gasteiger partial charge in [-0.25, -0.2) is 0 Å². The van der Waals surface area contributed by atoms with Crippen LogP contribution in [0.3, 0.4) is 0 Å². The third-order valence-electron chi connectivity index (χ3n) is 22.8. The van der Waals surface area contributed by atoms with Crippen LogP contribution in [0.5, 0.6) is 0 Å². The molecular weight excluding hydrogens is 1620 g/mol. The fourth-order valence-corrected chi connectivity index (χ4v) is 15.6. The van der Waals surface area contributed by atoms with Crippen LogP contribution < -0.4 is 10.6 Å². The maximum atomic E-state index is 12.3. The normalized spacial score (nSPS) is 50.1. The average molecular weight is 1760 g/mol. The molecule has 704 valence electrons. The lowest BCUT2D eigenvalue weighted by Crippen LogP contribution is -2.69. The molecule has 0 aromatic rings. The summed E-state index contributed by atoms with van der Waals surface area (Å²) in [6.45, 7) is 15.7. The first-order valence-electron chi connectivity index (χ1n) is 39.9. The third kappa shape index (κ3) is 23.5. The Kier molecular flexibility index (Phi) is 40.0. The Hall–Kier alpha value is -2.74. The SMILES string of the molecule is C.C.CCCO[C@@H]1OC(C)[C@H](O)[C@H](O[C@@H]2OC(C)[C@H](O)[C@H](O)C2O[C@@H]2OC(C)[C@H](O)[C@H](O[C@H]3O[C@@H](CO)[C@@H](O)C(O)C3O)C2O[C@@H]2OC(CO)[C@@H](O)C(O)[C@@H]2NC(C)=O)C1C.CCCO[C@@H]1OC(CO)[C@@H](O)[C@H](O[C@@H]2OC(C)[C@H](O)[C@H](O[C@@H]3OC(C)[C@H](O)[C@H](O)C3O[C@@H]3OC(C)[C@H](O)[C@H](O[C@H]4O[C@@H](CO)[C@@H](O)C(O)C4O)C3O)C2C)C1NC(C)=O. The summed E-state index contributed by atoms with van der Waals surface area (Å²) in [7, 11) is 0. The fourth-order valence-electron chi connectivity index (χ4n) is 15.6. The molecule has 10 rings (SSSR count). The lowest BCUT2D eigenvalue weighted by atomic mass is 9.91. The summed E-state index contributed by atoms with van der Waals surface area (Å²) in [5, 5.41) is 242. The molecule has 10 saturated heterocycles. The van der Waals surface area contributed by atoms with Gasteiger partial charge in [-0.2, -0.15) is 0 Å². The van der Waals surface area contributed by atoms with Crippen molar-refractivity contribution >= 4 is 11.8 Å². The third-order valence-corrected chi connectivity index (χ3v) is 22.8. The zero-order valence-corrected chi connectivity index (χ0v) is 67.3. The van der Waals surface area contributed by atoms with Gasteiger partial charge in [0.25, 0.3) is 0 Å². The van der Waals surface area contributed by atoms with E-state index in [1.807, 2.05) is 13.8 Å². The number of amides is 2. The van der Waals surface area contributed by atoms with E-state index < -0.39 is 345 Å². The maximum Gasteiger partial charge on any atom is 0.217 e. The molecule has 20 unspecified atom stereocenters. The molecule has 24 N–H and O–H groups in total. The van der Waals surface area contributed by atoms with Gasteiger partial charge in [-0.15, -0.1) is 0 Å². The van der Waals surface area contributed by atoms with E-state index in [9.17, 15) is 122 Å². The highest BCUT2D eigenvalue weighted by molar-refractivity contribution is 5.73. The largest absolute Gasteiger partial charge is 0.394 e. The molecule has 0 radical (unpaired) electrons. The van der Waals surface area contributed by atoms with Gasteiger partial charge in [-0.1, -0.05) is 42.5 Å². The topological polar surface area (TPSA) is 688 Å². The van der Waals surface area contributed by atoms with Gasteiger partial charge in [-0.3, -0.25) is 9.59 Å². The molecule has 0 aromatic heterocycles. The van der Waals surface area contributed by atoms with E-state index >= 15 is 0 Å². The van der Waals surface area contributed by atoms with E-state index in [0.717, 1.165) is 6.92 Å². The summed E-state index contributed by atoms with van der Waals surface area (Å²) < 4.78 is 119. The van der Waals surface area contributed by atoms with Crippen LogP contribution in [0.15, 0.2) is 0 Å². The minimum Gasteiger partial charge on any atom is -0.394 e. The smallest absolute Gasteiger partial charge is 0.217 e. The van der Waals surface area contributed by atoms with Gasteiger partial charge in [0, 0.05) is 38.9 Å². The molecule has 0 aromatic carbocycles. The molecule has 0 bridgehead atoms. The number of aliphatic hydroxyl groups is 22.